The van der Waals surface area contributed by atoms with Crippen LogP contribution in [-0.4, -0.2) is 5.97 Å². The van der Waals surface area contributed by atoms with Gasteiger partial charge in [0.15, 0.2) is 0 Å². The Morgan fingerprint density at radius 3 is 2.52 bits per heavy atom. The van der Waals surface area contributed by atoms with Crippen molar-refractivity contribution in [2.45, 2.75) is 26.6 Å². The van der Waals surface area contributed by atoms with Gasteiger partial charge in [-0.3, -0.25) is 0 Å². The Balaban J connectivity index is 1.94. The number of ether oxygens (including phenoxy) is 1. The first-order chi connectivity index (χ1) is 12.7. The number of hydrogen-bond acceptors (Lipinski definition) is 4. The summed E-state index contributed by atoms with van der Waals surface area (Å²) < 4.78 is 49.4. The lowest BCUT2D eigenvalue weighted by atomic mass is 10.0. The molecule has 0 atom stereocenters. The van der Waals surface area contributed by atoms with Gasteiger partial charge < -0.3 is 9.15 Å². The Kier molecular flexibility index (Phi) is 4.78. The van der Waals surface area contributed by atoms with E-state index in [0.29, 0.717) is 16.5 Å². The first kappa shape index (κ1) is 18.7. The second-order valence-corrected chi connectivity index (χ2v) is 6.09. The third kappa shape index (κ3) is 3.72. The molecule has 0 bridgehead atoms. The van der Waals surface area contributed by atoms with Crippen molar-refractivity contribution in [1.82, 2.24) is 0 Å². The van der Waals surface area contributed by atoms with E-state index >= 15 is 0 Å². The van der Waals surface area contributed by atoms with Crippen molar-refractivity contribution in [1.29, 1.82) is 0 Å². The number of alkyl halides is 3. The molecular formula is C20H15F3O4. The number of fused-ring (bicyclic) bond motifs is 1. The van der Waals surface area contributed by atoms with Gasteiger partial charge in [-0.25, -0.2) is 9.59 Å². The van der Waals surface area contributed by atoms with Gasteiger partial charge in [0.1, 0.15) is 12.2 Å². The molecule has 0 saturated carbocycles. The molecule has 0 aliphatic rings. The molecule has 1 aromatic heterocycles. The van der Waals surface area contributed by atoms with Gasteiger partial charge in [0, 0.05) is 17.0 Å². The summed E-state index contributed by atoms with van der Waals surface area (Å²) in [6.45, 7) is 3.29. The normalized spacial score (nSPS) is 11.6. The highest BCUT2D eigenvalue weighted by atomic mass is 19.4. The van der Waals surface area contributed by atoms with E-state index in [2.05, 4.69) is 0 Å². The first-order valence-corrected chi connectivity index (χ1v) is 8.05. The average Bonchev–Trinajstić information content (AvgIpc) is 2.62. The monoisotopic (exact) mass is 376 g/mol. The van der Waals surface area contributed by atoms with Gasteiger partial charge in [-0.05, 0) is 37.1 Å². The molecule has 27 heavy (non-hydrogen) atoms. The molecule has 0 fully saturated rings. The predicted octanol–water partition coefficient (Wildman–Crippen LogP) is 4.79. The van der Waals surface area contributed by atoms with Gasteiger partial charge in [-0.15, -0.1) is 0 Å². The highest BCUT2D eigenvalue weighted by Crippen LogP contribution is 2.32. The van der Waals surface area contributed by atoms with Crippen LogP contribution in [-0.2, 0) is 17.5 Å². The molecule has 0 aliphatic heterocycles. The first-order valence-electron chi connectivity index (χ1n) is 8.05. The van der Waals surface area contributed by atoms with Crippen molar-refractivity contribution in [2.24, 2.45) is 0 Å². The quantitative estimate of drug-likeness (QED) is 0.487. The summed E-state index contributed by atoms with van der Waals surface area (Å²) in [5.74, 6) is -1.12. The van der Waals surface area contributed by atoms with Crippen LogP contribution in [0.2, 0.25) is 0 Å². The lowest BCUT2D eigenvalue weighted by molar-refractivity contribution is -0.138. The van der Waals surface area contributed by atoms with Crippen LogP contribution < -0.4 is 5.63 Å². The molecular weight excluding hydrogens is 361 g/mol. The van der Waals surface area contributed by atoms with Crippen LogP contribution >= 0.6 is 0 Å². The SMILES string of the molecule is Cc1ccc2c(COC(=O)c3ccccc3C(F)(F)F)cc(=O)oc2c1C. The molecule has 0 amide bonds. The van der Waals surface area contributed by atoms with Gasteiger partial charge >= 0.3 is 17.8 Å². The molecule has 3 rings (SSSR count). The fourth-order valence-electron chi connectivity index (χ4n) is 2.77. The van der Waals surface area contributed by atoms with Crippen LogP contribution in [0, 0.1) is 13.8 Å². The number of benzene rings is 2. The topological polar surface area (TPSA) is 56.5 Å². The van der Waals surface area contributed by atoms with Crippen LogP contribution in [0.3, 0.4) is 0 Å². The minimum Gasteiger partial charge on any atom is -0.457 e. The second-order valence-electron chi connectivity index (χ2n) is 6.09. The maximum atomic E-state index is 13.1. The largest absolute Gasteiger partial charge is 0.457 e. The number of halogens is 3. The van der Waals surface area contributed by atoms with Gasteiger partial charge in [0.2, 0.25) is 0 Å². The third-order valence-electron chi connectivity index (χ3n) is 4.33. The Morgan fingerprint density at radius 1 is 1.11 bits per heavy atom. The molecule has 0 N–H and O–H groups in total. The van der Waals surface area contributed by atoms with E-state index < -0.39 is 28.9 Å². The van der Waals surface area contributed by atoms with Gasteiger partial charge in [0.25, 0.3) is 0 Å². The number of aryl methyl sites for hydroxylation is 2. The summed E-state index contributed by atoms with van der Waals surface area (Å²) in [5.41, 5.74) is 0.131. The fourth-order valence-corrected chi connectivity index (χ4v) is 2.77. The highest BCUT2D eigenvalue weighted by Gasteiger charge is 2.35. The molecule has 3 aromatic rings. The average molecular weight is 376 g/mol. The summed E-state index contributed by atoms with van der Waals surface area (Å²) in [5, 5.41) is 0.564. The van der Waals surface area contributed by atoms with E-state index in [-0.39, 0.29) is 6.61 Å². The molecule has 7 heteroatoms. The predicted molar refractivity (Wildman–Crippen MR) is 92.5 cm³/mol. The summed E-state index contributed by atoms with van der Waals surface area (Å²) in [6, 6.07) is 9.09. The minimum absolute atomic E-state index is 0.352. The number of rotatable bonds is 3. The standard InChI is InChI=1S/C20H15F3O4/c1-11-7-8-14-13(9-17(24)27-18(14)12(11)2)10-26-19(25)15-5-3-4-6-16(15)20(21,22)23/h3-9H,10H2,1-2H3. The van der Waals surface area contributed by atoms with Gasteiger partial charge in [-0.2, -0.15) is 13.2 Å². The minimum atomic E-state index is -4.68. The molecule has 0 aliphatic carbocycles. The Bertz CT molecular complexity index is 1080. The van der Waals surface area contributed by atoms with Gasteiger partial charge in [0.05, 0.1) is 11.1 Å². The molecule has 0 spiro atoms. The van der Waals surface area contributed by atoms with Crippen molar-refractivity contribution in [3.8, 4) is 0 Å². The van der Waals surface area contributed by atoms with Crippen LogP contribution in [0.25, 0.3) is 11.0 Å². The van der Waals surface area contributed by atoms with E-state index in [9.17, 15) is 22.8 Å². The lowest BCUT2D eigenvalue weighted by Gasteiger charge is -2.13. The van der Waals surface area contributed by atoms with Crippen molar-refractivity contribution in [3.63, 3.8) is 0 Å². The fraction of sp³-hybridized carbons (Fsp3) is 0.200. The molecule has 0 unspecified atom stereocenters. The Morgan fingerprint density at radius 2 is 1.81 bits per heavy atom. The zero-order chi connectivity index (χ0) is 19.8. The van der Waals surface area contributed by atoms with Gasteiger partial charge in [-0.1, -0.05) is 24.3 Å². The third-order valence-corrected chi connectivity index (χ3v) is 4.33. The van der Waals surface area contributed by atoms with Crippen LogP contribution in [0.4, 0.5) is 13.2 Å². The van der Waals surface area contributed by atoms with Crippen LogP contribution in [0.15, 0.2) is 51.7 Å². The van der Waals surface area contributed by atoms with Crippen LogP contribution in [0.1, 0.15) is 32.6 Å². The number of hydrogen-bond donors (Lipinski definition) is 0. The highest BCUT2D eigenvalue weighted by molar-refractivity contribution is 5.91. The van der Waals surface area contributed by atoms with Crippen molar-refractivity contribution < 1.29 is 27.1 Å². The Labute approximate surface area is 152 Å². The molecule has 2 aromatic carbocycles. The van der Waals surface area contributed by atoms with E-state index in [4.69, 9.17) is 9.15 Å². The van der Waals surface area contributed by atoms with E-state index in [1.807, 2.05) is 13.0 Å². The van der Waals surface area contributed by atoms with Crippen molar-refractivity contribution >= 4 is 16.9 Å². The molecule has 0 saturated heterocycles. The summed E-state index contributed by atoms with van der Waals surface area (Å²) in [7, 11) is 0. The molecule has 1 heterocycles. The molecule has 4 nitrogen and oxygen atoms in total. The second kappa shape index (κ2) is 6.90. The Hall–Kier alpha value is -3.09. The van der Waals surface area contributed by atoms with E-state index in [1.54, 1.807) is 13.0 Å². The number of carbonyl (C=O) groups excluding carboxylic acids is 1. The van der Waals surface area contributed by atoms with E-state index in [1.165, 1.54) is 18.2 Å². The maximum Gasteiger partial charge on any atom is 0.417 e. The van der Waals surface area contributed by atoms with E-state index in [0.717, 1.165) is 23.3 Å². The number of carbonyl (C=O) groups is 1. The zero-order valence-corrected chi connectivity index (χ0v) is 14.5. The number of esters is 1. The molecule has 140 valence electrons. The summed E-state index contributed by atoms with van der Waals surface area (Å²) in [4.78, 5) is 24.0. The van der Waals surface area contributed by atoms with Crippen molar-refractivity contribution in [3.05, 3.63) is 80.7 Å². The summed E-state index contributed by atoms with van der Waals surface area (Å²) in [6.07, 6.45) is -4.68. The maximum absolute atomic E-state index is 13.1. The smallest absolute Gasteiger partial charge is 0.417 e. The molecule has 0 radical (unpaired) electrons. The van der Waals surface area contributed by atoms with Crippen molar-refractivity contribution in [2.75, 3.05) is 0 Å². The lowest BCUT2D eigenvalue weighted by Crippen LogP contribution is -2.15. The zero-order valence-electron chi connectivity index (χ0n) is 14.5. The van der Waals surface area contributed by atoms with Crippen LogP contribution in [0.5, 0.6) is 0 Å². The summed E-state index contributed by atoms with van der Waals surface area (Å²) >= 11 is 0.